The van der Waals surface area contributed by atoms with Crippen LogP contribution in [0.3, 0.4) is 0 Å². The van der Waals surface area contributed by atoms with Crippen molar-refractivity contribution >= 4 is 0 Å². The Balaban J connectivity index is 1.91. The molecule has 8 unspecified atom stereocenters. The van der Waals surface area contributed by atoms with E-state index in [1.165, 1.54) is 63.4 Å². The summed E-state index contributed by atoms with van der Waals surface area (Å²) in [4.78, 5) is 0. The van der Waals surface area contributed by atoms with E-state index in [1.54, 1.807) is 0 Å². The summed E-state index contributed by atoms with van der Waals surface area (Å²) in [5, 5.41) is 0. The molecule has 0 heterocycles. The van der Waals surface area contributed by atoms with Gasteiger partial charge in [0.2, 0.25) is 0 Å². The highest BCUT2D eigenvalue weighted by Crippen LogP contribution is 2.70. The first-order valence-electron chi connectivity index (χ1n) is 13.4. The highest BCUT2D eigenvalue weighted by atomic mass is 14.7. The second-order valence-corrected chi connectivity index (χ2v) is 13.3. The van der Waals surface area contributed by atoms with Crippen LogP contribution in [0.25, 0.3) is 0 Å². The first-order chi connectivity index (χ1) is 14.0. The largest absolute Gasteiger partial charge is 0.0856 e. The molecular formula is C30H50. The molecule has 0 amide bonds. The van der Waals surface area contributed by atoms with Gasteiger partial charge in [-0.05, 0) is 111 Å². The van der Waals surface area contributed by atoms with Crippen molar-refractivity contribution in [3.8, 4) is 0 Å². The van der Waals surface area contributed by atoms with Gasteiger partial charge in [-0.3, -0.25) is 0 Å². The molecule has 0 N–H and O–H groups in total. The van der Waals surface area contributed by atoms with Gasteiger partial charge >= 0.3 is 0 Å². The van der Waals surface area contributed by atoms with E-state index in [0.717, 1.165) is 35.5 Å². The molecule has 3 saturated carbocycles. The van der Waals surface area contributed by atoms with Crippen LogP contribution in [-0.4, -0.2) is 0 Å². The number of hydrogen-bond donors (Lipinski definition) is 0. The SMILES string of the molecule is CC(C)=CCC1C(C)C2CCC(C)C13CC=C1C(C)(C)CCCC1(C)C3CCC2C. The van der Waals surface area contributed by atoms with E-state index in [2.05, 4.69) is 67.5 Å². The van der Waals surface area contributed by atoms with Crippen LogP contribution < -0.4 is 0 Å². The molecule has 30 heavy (non-hydrogen) atoms. The van der Waals surface area contributed by atoms with Gasteiger partial charge in [-0.25, -0.2) is 0 Å². The molecule has 4 rings (SSSR count). The van der Waals surface area contributed by atoms with Crippen LogP contribution in [0.1, 0.15) is 113 Å². The molecule has 0 heteroatoms. The minimum Gasteiger partial charge on any atom is -0.0856 e. The van der Waals surface area contributed by atoms with Crippen molar-refractivity contribution in [3.05, 3.63) is 23.3 Å². The summed E-state index contributed by atoms with van der Waals surface area (Å²) in [6.45, 7) is 20.4. The molecule has 0 saturated heterocycles. The highest BCUT2D eigenvalue weighted by Gasteiger charge is 2.62. The van der Waals surface area contributed by atoms with E-state index in [9.17, 15) is 0 Å². The summed E-state index contributed by atoms with van der Waals surface area (Å²) in [6, 6.07) is 0. The molecule has 0 aromatic heterocycles. The summed E-state index contributed by atoms with van der Waals surface area (Å²) < 4.78 is 0. The standard InChI is InChI=1S/C30H50/c1-20(2)10-14-25-23(5)24-13-12-22(4)30(25)19-16-26-28(6,7)17-9-18-29(26,8)27(30)15-11-21(24)3/h10,16,21-25,27H,9,11-15,17-19H2,1-8H3. The van der Waals surface area contributed by atoms with Crippen LogP contribution in [0, 0.1) is 51.8 Å². The summed E-state index contributed by atoms with van der Waals surface area (Å²) in [6.07, 6.45) is 18.2. The van der Waals surface area contributed by atoms with E-state index in [-0.39, 0.29) is 0 Å². The lowest BCUT2D eigenvalue weighted by atomic mass is 9.40. The molecule has 2 bridgehead atoms. The maximum absolute atomic E-state index is 2.82. The molecule has 4 aliphatic carbocycles. The third kappa shape index (κ3) is 3.29. The summed E-state index contributed by atoms with van der Waals surface area (Å²) >= 11 is 0. The Labute approximate surface area is 188 Å². The average molecular weight is 411 g/mol. The van der Waals surface area contributed by atoms with Gasteiger partial charge in [0.1, 0.15) is 0 Å². The fourth-order valence-electron chi connectivity index (χ4n) is 9.74. The summed E-state index contributed by atoms with van der Waals surface area (Å²) in [7, 11) is 0. The zero-order valence-electron chi connectivity index (χ0n) is 21.5. The minimum absolute atomic E-state index is 0.403. The molecule has 0 aromatic rings. The van der Waals surface area contributed by atoms with Crippen molar-refractivity contribution in [1.29, 1.82) is 0 Å². The zero-order chi connectivity index (χ0) is 21.9. The van der Waals surface area contributed by atoms with E-state index in [4.69, 9.17) is 0 Å². The van der Waals surface area contributed by atoms with Crippen molar-refractivity contribution in [2.24, 2.45) is 51.8 Å². The van der Waals surface area contributed by atoms with Gasteiger partial charge in [-0.1, -0.05) is 77.7 Å². The van der Waals surface area contributed by atoms with Crippen LogP contribution in [0.2, 0.25) is 0 Å². The van der Waals surface area contributed by atoms with Crippen molar-refractivity contribution in [2.45, 2.75) is 113 Å². The quantitative estimate of drug-likeness (QED) is 0.398. The molecular weight excluding hydrogens is 360 g/mol. The predicted molar refractivity (Wildman–Crippen MR) is 131 cm³/mol. The Bertz CT molecular complexity index is 704. The first-order valence-corrected chi connectivity index (χ1v) is 13.4. The zero-order valence-corrected chi connectivity index (χ0v) is 21.5. The van der Waals surface area contributed by atoms with Crippen molar-refractivity contribution in [1.82, 2.24) is 0 Å². The molecule has 8 atom stereocenters. The lowest BCUT2D eigenvalue weighted by Gasteiger charge is -2.64. The number of allylic oxidation sites excluding steroid dienone is 4. The molecule has 0 nitrogen and oxygen atoms in total. The van der Waals surface area contributed by atoms with Gasteiger partial charge in [0.25, 0.3) is 0 Å². The van der Waals surface area contributed by atoms with Crippen LogP contribution in [-0.2, 0) is 0 Å². The van der Waals surface area contributed by atoms with Crippen LogP contribution >= 0.6 is 0 Å². The van der Waals surface area contributed by atoms with Gasteiger partial charge in [-0.2, -0.15) is 0 Å². The van der Waals surface area contributed by atoms with Crippen molar-refractivity contribution in [2.75, 3.05) is 0 Å². The van der Waals surface area contributed by atoms with Gasteiger partial charge in [-0.15, -0.1) is 0 Å². The molecule has 1 spiro atoms. The fraction of sp³-hybridized carbons (Fsp3) is 0.867. The third-order valence-corrected chi connectivity index (χ3v) is 11.2. The Morgan fingerprint density at radius 1 is 1.00 bits per heavy atom. The van der Waals surface area contributed by atoms with E-state index in [1.807, 2.05) is 5.57 Å². The van der Waals surface area contributed by atoms with Crippen LogP contribution in [0.4, 0.5) is 0 Å². The monoisotopic (exact) mass is 410 g/mol. The third-order valence-electron chi connectivity index (χ3n) is 11.2. The highest BCUT2D eigenvalue weighted by molar-refractivity contribution is 5.31. The van der Waals surface area contributed by atoms with Crippen LogP contribution in [0.5, 0.6) is 0 Å². The Hall–Kier alpha value is -0.520. The molecule has 0 aromatic carbocycles. The molecule has 4 aliphatic rings. The first kappa shape index (κ1) is 22.7. The number of hydrogen-bond acceptors (Lipinski definition) is 0. The average Bonchev–Trinajstić information content (AvgIpc) is 2.70. The smallest absolute Gasteiger partial charge is 0.00772 e. The van der Waals surface area contributed by atoms with Crippen molar-refractivity contribution in [3.63, 3.8) is 0 Å². The lowest BCUT2D eigenvalue weighted by Crippen LogP contribution is -2.56. The van der Waals surface area contributed by atoms with Gasteiger partial charge in [0, 0.05) is 0 Å². The van der Waals surface area contributed by atoms with E-state index in [0.29, 0.717) is 16.2 Å². The van der Waals surface area contributed by atoms with Gasteiger partial charge in [0.05, 0.1) is 0 Å². The maximum Gasteiger partial charge on any atom is -0.00772 e. The molecule has 0 radical (unpaired) electrons. The van der Waals surface area contributed by atoms with Crippen LogP contribution in [0.15, 0.2) is 23.3 Å². The Kier molecular flexibility index (Phi) is 5.90. The van der Waals surface area contributed by atoms with Crippen molar-refractivity contribution < 1.29 is 0 Å². The summed E-state index contributed by atoms with van der Waals surface area (Å²) in [5.41, 5.74) is 4.70. The number of fused-ring (bicyclic) bond motifs is 4. The molecule has 3 fully saturated rings. The maximum atomic E-state index is 2.82. The predicted octanol–water partition coefficient (Wildman–Crippen LogP) is 9.22. The molecule has 0 aliphatic heterocycles. The Morgan fingerprint density at radius 2 is 1.73 bits per heavy atom. The van der Waals surface area contributed by atoms with Gasteiger partial charge < -0.3 is 0 Å². The number of rotatable bonds is 2. The summed E-state index contributed by atoms with van der Waals surface area (Å²) in [5.74, 6) is 5.27. The lowest BCUT2D eigenvalue weighted by molar-refractivity contribution is -0.101. The topological polar surface area (TPSA) is 0 Å². The minimum atomic E-state index is 0.403. The van der Waals surface area contributed by atoms with Gasteiger partial charge in [0.15, 0.2) is 0 Å². The van der Waals surface area contributed by atoms with E-state index >= 15 is 0 Å². The fourth-order valence-corrected chi connectivity index (χ4v) is 9.74. The second kappa shape index (κ2) is 7.81. The van der Waals surface area contributed by atoms with E-state index < -0.39 is 0 Å². The molecule has 170 valence electrons. The normalized spacial score (nSPS) is 47.8. The second-order valence-electron chi connectivity index (χ2n) is 13.3. The Morgan fingerprint density at radius 3 is 2.43 bits per heavy atom.